The summed E-state index contributed by atoms with van der Waals surface area (Å²) in [6.45, 7) is 2.42. The van der Waals surface area contributed by atoms with Crippen molar-refractivity contribution in [3.8, 4) is 0 Å². The van der Waals surface area contributed by atoms with E-state index in [2.05, 4.69) is 15.4 Å². The van der Waals surface area contributed by atoms with Gasteiger partial charge < -0.3 is 10.6 Å². The van der Waals surface area contributed by atoms with Gasteiger partial charge in [-0.05, 0) is 55.5 Å². The molecule has 2 amide bonds. The van der Waals surface area contributed by atoms with E-state index >= 15 is 0 Å². The molecule has 2 rings (SSSR count). The van der Waals surface area contributed by atoms with Crippen molar-refractivity contribution < 1.29 is 26.4 Å². The van der Waals surface area contributed by atoms with Crippen LogP contribution in [0.25, 0.3) is 0 Å². The molecule has 0 fully saturated rings. The maximum absolute atomic E-state index is 12.7. The van der Waals surface area contributed by atoms with Crippen LogP contribution >= 0.6 is 0 Å². The molecule has 2 aromatic rings. The van der Waals surface area contributed by atoms with Crippen molar-refractivity contribution in [1.82, 2.24) is 4.31 Å². The number of nitrogens with zero attached hydrogens (tertiary/aromatic N) is 1. The molecule has 2 aromatic carbocycles. The summed E-state index contributed by atoms with van der Waals surface area (Å²) in [4.78, 5) is 23.3. The molecular formula is C19H24N4O6S2. The molecule has 0 radical (unpaired) electrons. The summed E-state index contributed by atoms with van der Waals surface area (Å²) in [5, 5.41) is 5.10. The van der Waals surface area contributed by atoms with Crippen LogP contribution in [0.4, 0.5) is 17.1 Å². The number of anilines is 3. The van der Waals surface area contributed by atoms with Crippen LogP contribution in [0.3, 0.4) is 0 Å². The lowest BCUT2D eigenvalue weighted by Gasteiger charge is -2.17. The van der Waals surface area contributed by atoms with Gasteiger partial charge >= 0.3 is 0 Å². The van der Waals surface area contributed by atoms with Crippen LogP contribution in [0.1, 0.15) is 13.8 Å². The van der Waals surface area contributed by atoms with Gasteiger partial charge in [-0.1, -0.05) is 0 Å². The smallest absolute Gasteiger partial charge is 0.243 e. The van der Waals surface area contributed by atoms with Gasteiger partial charge in [0.15, 0.2) is 0 Å². The molecule has 0 atom stereocenters. The first-order valence-corrected chi connectivity index (χ1v) is 12.3. The van der Waals surface area contributed by atoms with Crippen molar-refractivity contribution in [2.75, 3.05) is 34.7 Å². The van der Waals surface area contributed by atoms with Crippen molar-refractivity contribution in [1.29, 1.82) is 0 Å². The van der Waals surface area contributed by atoms with Gasteiger partial charge in [0.1, 0.15) is 0 Å². The maximum Gasteiger partial charge on any atom is 0.243 e. The van der Waals surface area contributed by atoms with Crippen LogP contribution in [0.15, 0.2) is 53.4 Å². The fraction of sp³-hybridized carbons (Fsp3) is 0.263. The minimum Gasteiger partial charge on any atom is -0.326 e. The predicted octanol–water partition coefficient (Wildman–Crippen LogP) is 1.67. The first-order valence-electron chi connectivity index (χ1n) is 9.17. The quantitative estimate of drug-likeness (QED) is 0.511. The number of rotatable bonds is 9. The highest BCUT2D eigenvalue weighted by Gasteiger charge is 2.23. The largest absolute Gasteiger partial charge is 0.326 e. The lowest BCUT2D eigenvalue weighted by molar-refractivity contribution is -0.116. The number of carbonyl (C=O) groups excluding carboxylic acids is 2. The van der Waals surface area contributed by atoms with Crippen LogP contribution in [0.5, 0.6) is 0 Å². The van der Waals surface area contributed by atoms with Gasteiger partial charge in [0.2, 0.25) is 31.9 Å². The molecule has 0 aliphatic heterocycles. The first-order chi connectivity index (χ1) is 14.4. The number of sulfonamides is 2. The summed E-state index contributed by atoms with van der Waals surface area (Å²) in [5.41, 5.74) is 1.19. The average Bonchev–Trinajstić information content (AvgIpc) is 2.69. The van der Waals surface area contributed by atoms with Crippen LogP contribution < -0.4 is 15.4 Å². The molecular weight excluding hydrogens is 444 g/mol. The summed E-state index contributed by atoms with van der Waals surface area (Å²) in [6.07, 6.45) is 0. The average molecular weight is 469 g/mol. The third-order valence-electron chi connectivity index (χ3n) is 4.07. The maximum atomic E-state index is 12.7. The molecule has 10 nitrogen and oxygen atoms in total. The summed E-state index contributed by atoms with van der Waals surface area (Å²) in [5.74, 6) is -0.912. The van der Waals surface area contributed by atoms with E-state index in [-0.39, 0.29) is 16.6 Å². The van der Waals surface area contributed by atoms with Crippen LogP contribution in [-0.2, 0) is 29.6 Å². The highest BCUT2D eigenvalue weighted by molar-refractivity contribution is 7.92. The van der Waals surface area contributed by atoms with Gasteiger partial charge in [-0.2, -0.15) is 4.31 Å². The Bertz CT molecular complexity index is 1140. The Balaban J connectivity index is 2.00. The molecule has 0 bridgehead atoms. The standard InChI is InChI=1S/C19H24N4O6S2/c1-4-30(26,27)22-17-7-5-16(6-8-17)21-19(25)13-23(3)31(28,29)18-11-9-15(10-12-18)20-14(2)24/h5-12,22H,4,13H2,1-3H3,(H,20,24)(H,21,25). The van der Waals surface area contributed by atoms with Gasteiger partial charge in [-0.25, -0.2) is 16.8 Å². The zero-order chi connectivity index (χ0) is 23.2. The van der Waals surface area contributed by atoms with Crippen LogP contribution in [0.2, 0.25) is 0 Å². The van der Waals surface area contributed by atoms with Gasteiger partial charge in [-0.15, -0.1) is 0 Å². The molecule has 3 N–H and O–H groups in total. The van der Waals surface area contributed by atoms with Crippen LogP contribution in [0, 0.1) is 0 Å². The monoisotopic (exact) mass is 468 g/mol. The van der Waals surface area contributed by atoms with E-state index in [1.165, 1.54) is 69.4 Å². The third-order valence-corrected chi connectivity index (χ3v) is 7.20. The highest BCUT2D eigenvalue weighted by atomic mass is 32.2. The summed E-state index contributed by atoms with van der Waals surface area (Å²) >= 11 is 0. The summed E-state index contributed by atoms with van der Waals surface area (Å²) in [6, 6.07) is 11.6. The lowest BCUT2D eigenvalue weighted by Crippen LogP contribution is -2.34. The first kappa shape index (κ1) is 24.3. The molecule has 0 saturated carbocycles. The summed E-state index contributed by atoms with van der Waals surface area (Å²) < 4.78 is 51.7. The molecule has 0 unspecified atom stereocenters. The Labute approximate surface area is 181 Å². The number of benzene rings is 2. The topological polar surface area (TPSA) is 142 Å². The molecule has 0 spiro atoms. The minimum atomic E-state index is -3.92. The molecule has 168 valence electrons. The Morgan fingerprint density at radius 2 is 1.32 bits per heavy atom. The lowest BCUT2D eigenvalue weighted by atomic mass is 10.3. The normalized spacial score (nSPS) is 11.7. The fourth-order valence-corrected chi connectivity index (χ4v) is 4.22. The van der Waals surface area contributed by atoms with Gasteiger partial charge in [0, 0.05) is 31.0 Å². The van der Waals surface area contributed by atoms with Crippen molar-refractivity contribution in [3.63, 3.8) is 0 Å². The van der Waals surface area contributed by atoms with Gasteiger partial charge in [0.05, 0.1) is 17.2 Å². The van der Waals surface area contributed by atoms with Gasteiger partial charge in [-0.3, -0.25) is 14.3 Å². The van der Waals surface area contributed by atoms with E-state index in [0.29, 0.717) is 17.1 Å². The van der Waals surface area contributed by atoms with E-state index in [1.807, 2.05) is 0 Å². The van der Waals surface area contributed by atoms with E-state index in [9.17, 15) is 26.4 Å². The number of hydrogen-bond donors (Lipinski definition) is 3. The Morgan fingerprint density at radius 3 is 1.84 bits per heavy atom. The van der Waals surface area contributed by atoms with Crippen molar-refractivity contribution in [2.45, 2.75) is 18.7 Å². The number of likely N-dealkylation sites (N-methyl/N-ethyl adjacent to an activating group) is 1. The van der Waals surface area contributed by atoms with Gasteiger partial charge in [0.25, 0.3) is 0 Å². The van der Waals surface area contributed by atoms with Crippen molar-refractivity contribution in [3.05, 3.63) is 48.5 Å². The molecule has 0 saturated heterocycles. The minimum absolute atomic E-state index is 0.0236. The van der Waals surface area contributed by atoms with E-state index in [4.69, 9.17) is 0 Å². The Morgan fingerprint density at radius 1 is 0.839 bits per heavy atom. The van der Waals surface area contributed by atoms with E-state index < -0.39 is 32.5 Å². The number of amides is 2. The zero-order valence-corrected chi connectivity index (χ0v) is 18.9. The van der Waals surface area contributed by atoms with Crippen molar-refractivity contribution in [2.24, 2.45) is 0 Å². The molecule has 0 aromatic heterocycles. The zero-order valence-electron chi connectivity index (χ0n) is 17.2. The van der Waals surface area contributed by atoms with E-state index in [0.717, 1.165) is 4.31 Å². The summed E-state index contributed by atoms with van der Waals surface area (Å²) in [7, 11) is -6.05. The predicted molar refractivity (Wildman–Crippen MR) is 119 cm³/mol. The van der Waals surface area contributed by atoms with E-state index in [1.54, 1.807) is 0 Å². The fourth-order valence-electron chi connectivity index (χ4n) is 2.45. The molecule has 31 heavy (non-hydrogen) atoms. The van der Waals surface area contributed by atoms with Crippen LogP contribution in [-0.4, -0.2) is 52.3 Å². The molecule has 0 aliphatic rings. The number of hydrogen-bond acceptors (Lipinski definition) is 6. The SMILES string of the molecule is CCS(=O)(=O)Nc1ccc(NC(=O)CN(C)S(=O)(=O)c2ccc(NC(C)=O)cc2)cc1. The Kier molecular flexibility index (Phi) is 7.76. The van der Waals surface area contributed by atoms with Crippen molar-refractivity contribution >= 4 is 48.9 Å². The second-order valence-electron chi connectivity index (χ2n) is 6.60. The number of carbonyl (C=O) groups is 2. The second-order valence-corrected chi connectivity index (χ2v) is 10.7. The third kappa shape index (κ3) is 7.05. The molecule has 0 aliphatic carbocycles. The number of nitrogens with one attached hydrogen (secondary N) is 3. The molecule has 0 heterocycles. The Hall–Kier alpha value is -2.96. The molecule has 12 heteroatoms. The highest BCUT2D eigenvalue weighted by Crippen LogP contribution is 2.18. The second kappa shape index (κ2) is 9.90.